The molecule has 0 radical (unpaired) electrons. The molecular weight excluding hydrogens is 280 g/mol. The molecule has 0 atom stereocenters. The highest BCUT2D eigenvalue weighted by molar-refractivity contribution is 5.70. The van der Waals surface area contributed by atoms with E-state index in [1.807, 2.05) is 29.7 Å². The molecule has 1 saturated heterocycles. The van der Waals surface area contributed by atoms with Crippen LogP contribution in [0.4, 0.5) is 0 Å². The second kappa shape index (κ2) is 6.06. The Morgan fingerprint density at radius 1 is 1.27 bits per heavy atom. The Balaban J connectivity index is 1.93. The molecule has 1 aliphatic heterocycles. The summed E-state index contributed by atoms with van der Waals surface area (Å²) in [6.45, 7) is 6.88. The number of piperazine rings is 1. The minimum Gasteiger partial charge on any atom is -0.481 e. The van der Waals surface area contributed by atoms with Gasteiger partial charge in [0.2, 0.25) is 0 Å². The van der Waals surface area contributed by atoms with E-state index < -0.39 is 5.97 Å². The summed E-state index contributed by atoms with van der Waals surface area (Å²) in [4.78, 5) is 20.3. The van der Waals surface area contributed by atoms with Crippen molar-refractivity contribution in [2.24, 2.45) is 0 Å². The van der Waals surface area contributed by atoms with E-state index in [0.29, 0.717) is 5.69 Å². The molecule has 0 unspecified atom stereocenters. The summed E-state index contributed by atoms with van der Waals surface area (Å²) >= 11 is 0. The first-order valence-electron chi connectivity index (χ1n) is 7.62. The van der Waals surface area contributed by atoms with Gasteiger partial charge in [0.05, 0.1) is 17.8 Å². The molecule has 0 amide bonds. The highest BCUT2D eigenvalue weighted by atomic mass is 16.4. The molecule has 0 spiro atoms. The smallest absolute Gasteiger partial charge is 0.309 e. The zero-order chi connectivity index (χ0) is 15.7. The summed E-state index contributed by atoms with van der Waals surface area (Å²) in [7, 11) is 2.13. The van der Waals surface area contributed by atoms with Gasteiger partial charge in [-0.1, -0.05) is 6.07 Å². The van der Waals surface area contributed by atoms with E-state index in [9.17, 15) is 4.79 Å². The van der Waals surface area contributed by atoms with Gasteiger partial charge >= 0.3 is 5.97 Å². The van der Waals surface area contributed by atoms with Crippen molar-refractivity contribution in [1.82, 2.24) is 19.2 Å². The van der Waals surface area contributed by atoms with Crippen molar-refractivity contribution in [2.75, 3.05) is 33.2 Å². The number of aliphatic carboxylic acids is 1. The number of pyridine rings is 1. The van der Waals surface area contributed by atoms with Crippen molar-refractivity contribution in [2.45, 2.75) is 19.9 Å². The molecule has 6 heteroatoms. The first-order valence-corrected chi connectivity index (χ1v) is 7.62. The van der Waals surface area contributed by atoms with E-state index in [4.69, 9.17) is 5.11 Å². The Bertz CT molecular complexity index is 687. The lowest BCUT2D eigenvalue weighted by Gasteiger charge is -2.32. The number of aryl methyl sites for hydroxylation is 1. The van der Waals surface area contributed by atoms with Crippen LogP contribution in [-0.2, 0) is 17.8 Å². The minimum absolute atomic E-state index is 0.0240. The zero-order valence-electron chi connectivity index (χ0n) is 13.1. The number of carbonyl (C=O) groups is 1. The molecule has 6 nitrogen and oxygen atoms in total. The van der Waals surface area contributed by atoms with E-state index in [2.05, 4.69) is 21.8 Å². The summed E-state index contributed by atoms with van der Waals surface area (Å²) in [5.74, 6) is -0.834. The average molecular weight is 302 g/mol. The summed E-state index contributed by atoms with van der Waals surface area (Å²) in [5, 5.41) is 9.14. The van der Waals surface area contributed by atoms with Gasteiger partial charge in [-0.3, -0.25) is 9.69 Å². The van der Waals surface area contributed by atoms with Gasteiger partial charge in [0.25, 0.3) is 0 Å². The number of nitrogens with zero attached hydrogens (tertiary/aromatic N) is 4. The van der Waals surface area contributed by atoms with Crippen molar-refractivity contribution in [3.63, 3.8) is 0 Å². The standard InChI is InChI=1S/C16H22N4O2/c1-12-3-4-15-17-13(9-16(21)22)14(20(15)10-12)11-19-7-5-18(2)6-8-19/h3-4,10H,5-9,11H2,1-2H3,(H,21,22). The van der Waals surface area contributed by atoms with Crippen LogP contribution in [0.1, 0.15) is 17.0 Å². The van der Waals surface area contributed by atoms with Crippen molar-refractivity contribution in [1.29, 1.82) is 0 Å². The molecule has 0 saturated carbocycles. The lowest BCUT2D eigenvalue weighted by Crippen LogP contribution is -2.44. The summed E-state index contributed by atoms with van der Waals surface area (Å²) in [5.41, 5.74) is 3.65. The topological polar surface area (TPSA) is 61.1 Å². The molecule has 1 N–H and O–H groups in total. The molecule has 0 bridgehead atoms. The number of carboxylic acid groups (broad SMARTS) is 1. The maximum absolute atomic E-state index is 11.1. The highest BCUT2D eigenvalue weighted by Gasteiger charge is 2.20. The Morgan fingerprint density at radius 2 is 2.00 bits per heavy atom. The minimum atomic E-state index is -0.834. The fourth-order valence-electron chi connectivity index (χ4n) is 2.92. The van der Waals surface area contributed by atoms with Gasteiger partial charge in [0.15, 0.2) is 0 Å². The van der Waals surface area contributed by atoms with Crippen LogP contribution >= 0.6 is 0 Å². The second-order valence-corrected chi connectivity index (χ2v) is 6.09. The van der Waals surface area contributed by atoms with Crippen LogP contribution in [0, 0.1) is 6.92 Å². The molecule has 2 aromatic rings. The summed E-state index contributed by atoms with van der Waals surface area (Å²) < 4.78 is 2.05. The van der Waals surface area contributed by atoms with E-state index in [1.165, 1.54) is 0 Å². The molecule has 1 fully saturated rings. The van der Waals surface area contributed by atoms with Gasteiger partial charge in [0, 0.05) is 38.9 Å². The van der Waals surface area contributed by atoms with Gasteiger partial charge in [-0.2, -0.15) is 0 Å². The van der Waals surface area contributed by atoms with E-state index >= 15 is 0 Å². The third kappa shape index (κ3) is 3.13. The molecule has 22 heavy (non-hydrogen) atoms. The van der Waals surface area contributed by atoms with Crippen LogP contribution in [-0.4, -0.2) is 63.5 Å². The maximum Gasteiger partial charge on any atom is 0.309 e. The summed E-state index contributed by atoms with van der Waals surface area (Å²) in [6, 6.07) is 3.96. The first kappa shape index (κ1) is 15.0. The largest absolute Gasteiger partial charge is 0.481 e. The number of carboxylic acids is 1. The molecular formula is C16H22N4O2. The van der Waals surface area contributed by atoms with E-state index in [-0.39, 0.29) is 6.42 Å². The predicted molar refractivity (Wildman–Crippen MR) is 84.0 cm³/mol. The number of likely N-dealkylation sites (N-methyl/N-ethyl adjacent to an activating group) is 1. The SMILES string of the molecule is Cc1ccc2nc(CC(=O)O)c(CN3CCN(C)CC3)n2c1. The van der Waals surface area contributed by atoms with Crippen LogP contribution < -0.4 is 0 Å². The van der Waals surface area contributed by atoms with Gasteiger partial charge in [-0.15, -0.1) is 0 Å². The van der Waals surface area contributed by atoms with Crippen LogP contribution in [0.3, 0.4) is 0 Å². The molecule has 2 aromatic heterocycles. The molecule has 0 aliphatic carbocycles. The Morgan fingerprint density at radius 3 is 2.68 bits per heavy atom. The van der Waals surface area contributed by atoms with Crippen molar-refractivity contribution >= 4 is 11.6 Å². The molecule has 3 heterocycles. The monoisotopic (exact) mass is 302 g/mol. The van der Waals surface area contributed by atoms with Crippen molar-refractivity contribution in [3.05, 3.63) is 35.3 Å². The van der Waals surface area contributed by atoms with Gasteiger partial charge < -0.3 is 14.4 Å². The summed E-state index contributed by atoms with van der Waals surface area (Å²) in [6.07, 6.45) is 2.02. The average Bonchev–Trinajstić information content (AvgIpc) is 2.78. The van der Waals surface area contributed by atoms with Gasteiger partial charge in [-0.25, -0.2) is 4.98 Å². The Labute approximate surface area is 130 Å². The molecule has 118 valence electrons. The molecule has 0 aromatic carbocycles. The van der Waals surface area contributed by atoms with Gasteiger partial charge in [-0.05, 0) is 25.6 Å². The predicted octanol–water partition coefficient (Wildman–Crippen LogP) is 1.02. The van der Waals surface area contributed by atoms with Gasteiger partial charge in [0.1, 0.15) is 5.65 Å². The number of aromatic nitrogens is 2. The molecule has 3 rings (SSSR count). The second-order valence-electron chi connectivity index (χ2n) is 6.09. The lowest BCUT2D eigenvalue weighted by molar-refractivity contribution is -0.136. The maximum atomic E-state index is 11.1. The third-order valence-electron chi connectivity index (χ3n) is 4.24. The van der Waals surface area contributed by atoms with Crippen molar-refractivity contribution < 1.29 is 9.90 Å². The fourth-order valence-corrected chi connectivity index (χ4v) is 2.92. The lowest BCUT2D eigenvalue weighted by atomic mass is 10.2. The quantitative estimate of drug-likeness (QED) is 0.913. The Kier molecular flexibility index (Phi) is 4.13. The third-order valence-corrected chi connectivity index (χ3v) is 4.24. The number of hydrogen-bond donors (Lipinski definition) is 1. The van der Waals surface area contributed by atoms with E-state index in [1.54, 1.807) is 0 Å². The fraction of sp³-hybridized carbons (Fsp3) is 0.500. The molecule has 1 aliphatic rings. The highest BCUT2D eigenvalue weighted by Crippen LogP contribution is 2.18. The zero-order valence-corrected chi connectivity index (χ0v) is 13.1. The number of fused-ring (bicyclic) bond motifs is 1. The van der Waals surface area contributed by atoms with Crippen molar-refractivity contribution in [3.8, 4) is 0 Å². The first-order chi connectivity index (χ1) is 10.5. The van der Waals surface area contributed by atoms with Crippen LogP contribution in [0.2, 0.25) is 0 Å². The van der Waals surface area contributed by atoms with E-state index in [0.717, 1.165) is 49.6 Å². The Hall–Kier alpha value is -1.92. The number of rotatable bonds is 4. The normalized spacial score (nSPS) is 17.2. The van der Waals surface area contributed by atoms with Crippen LogP contribution in [0.15, 0.2) is 18.3 Å². The van der Waals surface area contributed by atoms with Crippen LogP contribution in [0.25, 0.3) is 5.65 Å². The number of hydrogen-bond acceptors (Lipinski definition) is 4. The van der Waals surface area contributed by atoms with Crippen LogP contribution in [0.5, 0.6) is 0 Å². The number of imidazole rings is 1.